The Labute approximate surface area is 212 Å². The van der Waals surface area contributed by atoms with Crippen LogP contribution in [0.4, 0.5) is 0 Å². The number of benzene rings is 1. The summed E-state index contributed by atoms with van der Waals surface area (Å²) < 4.78 is 33.9. The third-order valence-electron chi connectivity index (χ3n) is 8.08. The van der Waals surface area contributed by atoms with E-state index in [0.29, 0.717) is 48.0 Å². The molecule has 0 radical (unpaired) electrons. The van der Waals surface area contributed by atoms with Crippen LogP contribution in [0.1, 0.15) is 47.8 Å². The minimum absolute atomic E-state index is 0.103. The van der Waals surface area contributed by atoms with Gasteiger partial charge in [-0.1, -0.05) is 18.2 Å². The molecule has 194 valence electrons. The molecule has 4 aliphatic heterocycles. The molecular weight excluding hydrogens is 478 g/mol. The number of ether oxygens (including phenoxy) is 1. The van der Waals surface area contributed by atoms with Crippen LogP contribution in [0.5, 0.6) is 0 Å². The summed E-state index contributed by atoms with van der Waals surface area (Å²) in [5.74, 6) is -0.375. The fraction of sp³-hybridized carbons (Fsp3) is 0.615. The average molecular weight is 514 g/mol. The van der Waals surface area contributed by atoms with Crippen molar-refractivity contribution in [1.82, 2.24) is 24.5 Å². The lowest BCUT2D eigenvalue weighted by Crippen LogP contribution is -2.42. The Morgan fingerprint density at radius 2 is 1.69 bits per heavy atom. The summed E-state index contributed by atoms with van der Waals surface area (Å²) in [7, 11) is -3.55. The van der Waals surface area contributed by atoms with Crippen molar-refractivity contribution < 1.29 is 17.9 Å². The summed E-state index contributed by atoms with van der Waals surface area (Å²) >= 11 is 0. The Morgan fingerprint density at radius 1 is 0.972 bits per heavy atom. The van der Waals surface area contributed by atoms with Crippen molar-refractivity contribution in [2.75, 3.05) is 65.6 Å². The highest BCUT2D eigenvalue weighted by Gasteiger charge is 2.39. The Balaban J connectivity index is 1.36. The summed E-state index contributed by atoms with van der Waals surface area (Å²) in [6.45, 7) is 8.42. The standard InChI is InChI=1S/C26H35N5O4S/c32-26(30-14-16-35-17-15-30)24-22-19-36(33,34)23-8-2-1-7-21(23)25(22)31(27-24)20-6-5-11-29(18-20)13-12-28-9-3-4-10-28/h1-2,7-8,20H,3-6,9-19H2. The molecule has 4 aliphatic rings. The van der Waals surface area contributed by atoms with E-state index in [2.05, 4.69) is 9.80 Å². The van der Waals surface area contributed by atoms with E-state index in [1.165, 1.54) is 25.9 Å². The molecule has 1 aromatic carbocycles. The highest BCUT2D eigenvalue weighted by molar-refractivity contribution is 7.90. The molecular formula is C26H35N5O4S. The van der Waals surface area contributed by atoms with E-state index in [4.69, 9.17) is 9.84 Å². The maximum absolute atomic E-state index is 13.6. The minimum Gasteiger partial charge on any atom is -0.378 e. The second-order valence-electron chi connectivity index (χ2n) is 10.4. The molecule has 5 heterocycles. The van der Waals surface area contributed by atoms with Crippen molar-refractivity contribution in [1.29, 1.82) is 0 Å². The van der Waals surface area contributed by atoms with Gasteiger partial charge in [-0.15, -0.1) is 0 Å². The first kappa shape index (κ1) is 24.1. The third-order valence-corrected chi connectivity index (χ3v) is 9.77. The zero-order valence-corrected chi connectivity index (χ0v) is 21.6. The molecule has 0 N–H and O–H groups in total. The predicted molar refractivity (Wildman–Crippen MR) is 136 cm³/mol. The minimum atomic E-state index is -3.55. The van der Waals surface area contributed by atoms with E-state index < -0.39 is 9.84 Å². The van der Waals surface area contributed by atoms with Crippen LogP contribution in [-0.2, 0) is 20.3 Å². The van der Waals surface area contributed by atoms with Gasteiger partial charge in [0.1, 0.15) is 0 Å². The Bertz CT molecular complexity index is 1230. The molecule has 1 unspecified atom stereocenters. The number of aromatic nitrogens is 2. The molecule has 2 aromatic rings. The zero-order chi connectivity index (χ0) is 24.7. The molecule has 1 amide bonds. The molecule has 0 bridgehead atoms. The Morgan fingerprint density at radius 3 is 2.50 bits per heavy atom. The topological polar surface area (TPSA) is 88.0 Å². The maximum atomic E-state index is 13.6. The van der Waals surface area contributed by atoms with Crippen molar-refractivity contribution in [3.05, 3.63) is 35.5 Å². The summed E-state index contributed by atoms with van der Waals surface area (Å²) in [5.41, 5.74) is 2.32. The number of fused-ring (bicyclic) bond motifs is 3. The molecule has 0 aliphatic carbocycles. The molecule has 3 saturated heterocycles. The fourth-order valence-electron chi connectivity index (χ4n) is 6.17. The number of rotatable bonds is 5. The number of morpholine rings is 1. The van der Waals surface area contributed by atoms with Crippen LogP contribution < -0.4 is 0 Å². The monoisotopic (exact) mass is 513 g/mol. The number of hydrogen-bond donors (Lipinski definition) is 0. The lowest BCUT2D eigenvalue weighted by molar-refractivity contribution is 0.0297. The number of hydrogen-bond acceptors (Lipinski definition) is 7. The average Bonchev–Trinajstić information content (AvgIpc) is 3.56. The normalized spacial score (nSPS) is 24.4. The molecule has 9 nitrogen and oxygen atoms in total. The van der Waals surface area contributed by atoms with E-state index in [1.807, 2.05) is 16.8 Å². The zero-order valence-electron chi connectivity index (χ0n) is 20.8. The smallest absolute Gasteiger partial charge is 0.274 e. The molecule has 0 saturated carbocycles. The molecule has 36 heavy (non-hydrogen) atoms. The SMILES string of the molecule is O=C(c1nn(C2CCCN(CCN3CCCC3)C2)c2c1CS(=O)(=O)c1ccccc1-2)N1CCOCC1. The van der Waals surface area contributed by atoms with Crippen molar-refractivity contribution in [3.63, 3.8) is 0 Å². The van der Waals surface area contributed by atoms with Crippen molar-refractivity contribution in [2.45, 2.75) is 42.4 Å². The molecule has 6 rings (SSSR count). The van der Waals surface area contributed by atoms with Gasteiger partial charge < -0.3 is 14.5 Å². The predicted octanol–water partition coefficient (Wildman–Crippen LogP) is 2.04. The first-order valence-electron chi connectivity index (χ1n) is 13.3. The fourth-order valence-corrected chi connectivity index (χ4v) is 7.76. The van der Waals surface area contributed by atoms with Crippen LogP contribution in [0.3, 0.4) is 0 Å². The largest absolute Gasteiger partial charge is 0.378 e. The van der Waals surface area contributed by atoms with E-state index in [9.17, 15) is 13.2 Å². The van der Waals surface area contributed by atoms with Gasteiger partial charge >= 0.3 is 0 Å². The number of nitrogens with zero attached hydrogens (tertiary/aromatic N) is 5. The second-order valence-corrected chi connectivity index (χ2v) is 12.4. The van der Waals surface area contributed by atoms with Gasteiger partial charge in [-0.05, 0) is 51.4 Å². The molecule has 1 aromatic heterocycles. The lowest BCUT2D eigenvalue weighted by atomic mass is 10.0. The number of piperidine rings is 1. The summed E-state index contributed by atoms with van der Waals surface area (Å²) in [6.07, 6.45) is 4.62. The quantitative estimate of drug-likeness (QED) is 0.605. The van der Waals surface area contributed by atoms with Crippen LogP contribution in [0.25, 0.3) is 11.3 Å². The van der Waals surface area contributed by atoms with E-state index >= 15 is 0 Å². The molecule has 3 fully saturated rings. The van der Waals surface area contributed by atoms with Crippen LogP contribution in [0.15, 0.2) is 29.2 Å². The van der Waals surface area contributed by atoms with Crippen LogP contribution in [0.2, 0.25) is 0 Å². The van der Waals surface area contributed by atoms with Gasteiger partial charge in [0.15, 0.2) is 15.5 Å². The van der Waals surface area contributed by atoms with Crippen molar-refractivity contribution >= 4 is 15.7 Å². The summed E-state index contributed by atoms with van der Waals surface area (Å²) in [5, 5.41) is 4.91. The second kappa shape index (κ2) is 9.89. The first-order chi connectivity index (χ1) is 17.5. The van der Waals surface area contributed by atoms with Gasteiger partial charge in [0.05, 0.1) is 35.6 Å². The van der Waals surface area contributed by atoms with Crippen LogP contribution in [0, 0.1) is 0 Å². The van der Waals surface area contributed by atoms with Crippen molar-refractivity contribution in [3.8, 4) is 11.3 Å². The van der Waals surface area contributed by atoms with Gasteiger partial charge in [0, 0.05) is 43.9 Å². The Kier molecular flexibility index (Phi) is 6.62. The highest BCUT2D eigenvalue weighted by Crippen LogP contribution is 2.41. The van der Waals surface area contributed by atoms with Gasteiger partial charge in [-0.25, -0.2) is 8.42 Å². The third kappa shape index (κ3) is 4.49. The highest BCUT2D eigenvalue weighted by atomic mass is 32.2. The van der Waals surface area contributed by atoms with Crippen LogP contribution in [-0.4, -0.2) is 104 Å². The lowest BCUT2D eigenvalue weighted by Gasteiger charge is -2.35. The van der Waals surface area contributed by atoms with E-state index in [0.717, 1.165) is 44.7 Å². The van der Waals surface area contributed by atoms with Crippen molar-refractivity contribution in [2.24, 2.45) is 0 Å². The number of sulfone groups is 1. The first-order valence-corrected chi connectivity index (χ1v) is 14.9. The molecule has 0 spiro atoms. The number of carbonyl (C=O) groups excluding carboxylic acids is 1. The summed E-state index contributed by atoms with van der Waals surface area (Å²) in [4.78, 5) is 20.7. The Hall–Kier alpha value is -2.27. The van der Waals surface area contributed by atoms with Gasteiger partial charge in [-0.2, -0.15) is 5.10 Å². The molecule has 1 atom stereocenters. The number of carbonyl (C=O) groups is 1. The van der Waals surface area contributed by atoms with E-state index in [1.54, 1.807) is 17.0 Å². The number of amides is 1. The van der Waals surface area contributed by atoms with Crippen LogP contribution >= 0.6 is 0 Å². The van der Waals surface area contributed by atoms with Gasteiger partial charge in [0.25, 0.3) is 5.91 Å². The summed E-state index contributed by atoms with van der Waals surface area (Å²) in [6, 6.07) is 7.28. The van der Waals surface area contributed by atoms with Gasteiger partial charge in [0.2, 0.25) is 0 Å². The maximum Gasteiger partial charge on any atom is 0.274 e. The van der Waals surface area contributed by atoms with E-state index in [-0.39, 0.29) is 17.7 Å². The molecule has 10 heteroatoms. The number of likely N-dealkylation sites (tertiary alicyclic amines) is 2. The van der Waals surface area contributed by atoms with Gasteiger partial charge in [-0.3, -0.25) is 14.4 Å².